The summed E-state index contributed by atoms with van der Waals surface area (Å²) in [7, 11) is 1.65. The van der Waals surface area contributed by atoms with E-state index in [4.69, 9.17) is 4.74 Å². The number of benzene rings is 3. The topological polar surface area (TPSA) is 26.3 Å². The molecule has 0 aliphatic carbocycles. The maximum Gasteiger partial charge on any atom is 0.210 e. The molecule has 0 amide bonds. The molecule has 0 unspecified atom stereocenters. The van der Waals surface area contributed by atoms with E-state index in [0.29, 0.717) is 6.42 Å². The summed E-state index contributed by atoms with van der Waals surface area (Å²) in [6, 6.07) is 25.3. The summed E-state index contributed by atoms with van der Waals surface area (Å²) in [4.78, 5) is 12.1. The van der Waals surface area contributed by atoms with Crippen LogP contribution in [0.4, 0.5) is 0 Å². The Balaban J connectivity index is 1.83. The molecule has 0 aliphatic heterocycles. The number of ketones is 1. The number of hydrogen-bond donors (Lipinski definition) is 0. The molecule has 0 heterocycles. The fourth-order valence-electron chi connectivity index (χ4n) is 2.58. The van der Waals surface area contributed by atoms with Crippen molar-refractivity contribution in [2.75, 3.05) is 7.11 Å². The summed E-state index contributed by atoms with van der Waals surface area (Å²) in [5, 5.41) is 0. The lowest BCUT2D eigenvalue weighted by atomic mass is 9.99. The molecule has 0 fully saturated rings. The first kappa shape index (κ1) is 16.5. The van der Waals surface area contributed by atoms with Gasteiger partial charge in [0, 0.05) is 12.0 Å². The number of rotatable bonds is 4. The molecular weight excluding hydrogens is 308 g/mol. The van der Waals surface area contributed by atoms with Gasteiger partial charge in [-0.2, -0.15) is 0 Å². The molecule has 0 atom stereocenters. The molecule has 3 aromatic rings. The Morgan fingerprint density at radius 1 is 0.880 bits per heavy atom. The van der Waals surface area contributed by atoms with Gasteiger partial charge in [0.05, 0.1) is 7.11 Å². The Morgan fingerprint density at radius 3 is 2.28 bits per heavy atom. The van der Waals surface area contributed by atoms with Gasteiger partial charge in [-0.3, -0.25) is 4.79 Å². The first-order chi connectivity index (χ1) is 12.3. The number of ether oxygens (including phenoxy) is 1. The van der Waals surface area contributed by atoms with E-state index in [9.17, 15) is 4.79 Å². The highest BCUT2D eigenvalue weighted by molar-refractivity contribution is 5.97. The van der Waals surface area contributed by atoms with Crippen molar-refractivity contribution in [3.8, 4) is 28.7 Å². The highest BCUT2D eigenvalue weighted by Crippen LogP contribution is 2.25. The average Bonchev–Trinajstić information content (AvgIpc) is 2.67. The molecule has 0 bridgehead atoms. The smallest absolute Gasteiger partial charge is 0.210 e. The molecular formula is C23H18O2. The van der Waals surface area contributed by atoms with E-state index in [-0.39, 0.29) is 5.78 Å². The van der Waals surface area contributed by atoms with Gasteiger partial charge in [-0.25, -0.2) is 0 Å². The quantitative estimate of drug-likeness (QED) is 0.659. The molecule has 0 saturated carbocycles. The van der Waals surface area contributed by atoms with Gasteiger partial charge in [-0.1, -0.05) is 66.6 Å². The van der Waals surface area contributed by atoms with Gasteiger partial charge in [0.1, 0.15) is 5.75 Å². The van der Waals surface area contributed by atoms with E-state index in [2.05, 4.69) is 11.8 Å². The van der Waals surface area contributed by atoms with Gasteiger partial charge in [-0.15, -0.1) is 0 Å². The Morgan fingerprint density at radius 2 is 1.56 bits per heavy atom. The summed E-state index contributed by atoms with van der Waals surface area (Å²) in [5.41, 5.74) is 3.87. The zero-order valence-electron chi connectivity index (χ0n) is 14.0. The van der Waals surface area contributed by atoms with Crippen LogP contribution in [0.3, 0.4) is 0 Å². The molecule has 122 valence electrons. The van der Waals surface area contributed by atoms with Crippen LogP contribution in [-0.2, 0) is 11.2 Å². The van der Waals surface area contributed by atoms with Crippen LogP contribution in [0, 0.1) is 11.8 Å². The number of Topliss-reactive ketones (excluding diaryl/α,β-unsaturated/α-hetero) is 1. The van der Waals surface area contributed by atoms with Crippen LogP contribution in [0.25, 0.3) is 11.1 Å². The standard InChI is InChI=1S/C23H18O2/c1-25-22-15-12-20(13-16-22)23-10-6-5-9-19(23)11-14-21(24)17-18-7-3-2-4-8-18/h2-10,12-13,15-16H,17H2,1H3. The first-order valence-corrected chi connectivity index (χ1v) is 8.08. The SMILES string of the molecule is COc1ccc(-c2ccccc2C#CC(=O)Cc2ccccc2)cc1. The number of hydrogen-bond acceptors (Lipinski definition) is 2. The average molecular weight is 326 g/mol. The Hall–Kier alpha value is -3.31. The Kier molecular flexibility index (Phi) is 5.29. The molecule has 3 aromatic carbocycles. The van der Waals surface area contributed by atoms with Crippen molar-refractivity contribution in [1.29, 1.82) is 0 Å². The van der Waals surface area contributed by atoms with Crippen LogP contribution >= 0.6 is 0 Å². The minimum absolute atomic E-state index is 0.0873. The van der Waals surface area contributed by atoms with Crippen LogP contribution in [0.5, 0.6) is 5.75 Å². The van der Waals surface area contributed by atoms with Crippen LogP contribution < -0.4 is 4.74 Å². The molecule has 2 nitrogen and oxygen atoms in total. The van der Waals surface area contributed by atoms with Gasteiger partial charge < -0.3 is 4.74 Å². The summed E-state index contributed by atoms with van der Waals surface area (Å²) in [6.45, 7) is 0. The van der Waals surface area contributed by atoms with Crippen molar-refractivity contribution in [2.45, 2.75) is 6.42 Å². The van der Waals surface area contributed by atoms with E-state index >= 15 is 0 Å². The van der Waals surface area contributed by atoms with Gasteiger partial charge in [-0.05, 0) is 40.8 Å². The fourth-order valence-corrected chi connectivity index (χ4v) is 2.58. The second-order valence-corrected chi connectivity index (χ2v) is 5.61. The molecule has 0 radical (unpaired) electrons. The molecule has 2 heteroatoms. The zero-order valence-corrected chi connectivity index (χ0v) is 14.0. The van der Waals surface area contributed by atoms with Crippen LogP contribution in [0.2, 0.25) is 0 Å². The highest BCUT2D eigenvalue weighted by Gasteiger charge is 2.04. The van der Waals surface area contributed by atoms with E-state index in [0.717, 1.165) is 28.0 Å². The third-order valence-corrected chi connectivity index (χ3v) is 3.87. The summed E-state index contributed by atoms with van der Waals surface area (Å²) >= 11 is 0. The van der Waals surface area contributed by atoms with Gasteiger partial charge >= 0.3 is 0 Å². The minimum atomic E-state index is -0.0873. The maximum atomic E-state index is 12.1. The van der Waals surface area contributed by atoms with Crippen molar-refractivity contribution >= 4 is 5.78 Å². The lowest BCUT2D eigenvalue weighted by molar-refractivity contribution is -0.113. The van der Waals surface area contributed by atoms with Crippen molar-refractivity contribution in [1.82, 2.24) is 0 Å². The third kappa shape index (κ3) is 4.37. The largest absolute Gasteiger partial charge is 0.497 e. The normalized spacial score (nSPS) is 9.80. The molecule has 3 rings (SSSR count). The molecule has 0 aromatic heterocycles. The van der Waals surface area contributed by atoms with Crippen LogP contribution in [-0.4, -0.2) is 12.9 Å². The van der Waals surface area contributed by atoms with Crippen molar-refractivity contribution in [2.24, 2.45) is 0 Å². The van der Waals surface area contributed by atoms with Crippen LogP contribution in [0.1, 0.15) is 11.1 Å². The van der Waals surface area contributed by atoms with Crippen LogP contribution in [0.15, 0.2) is 78.9 Å². The van der Waals surface area contributed by atoms with E-state index in [1.807, 2.05) is 78.9 Å². The summed E-state index contributed by atoms with van der Waals surface area (Å²) in [5.74, 6) is 6.52. The molecule has 0 saturated heterocycles. The maximum absolute atomic E-state index is 12.1. The predicted octanol–water partition coefficient (Wildman–Crippen LogP) is 4.53. The Bertz CT molecular complexity index is 914. The second-order valence-electron chi connectivity index (χ2n) is 5.61. The monoisotopic (exact) mass is 326 g/mol. The number of carbonyl (C=O) groups excluding carboxylic acids is 1. The third-order valence-electron chi connectivity index (χ3n) is 3.87. The van der Waals surface area contributed by atoms with Crippen molar-refractivity contribution in [3.05, 3.63) is 90.0 Å². The van der Waals surface area contributed by atoms with Crippen molar-refractivity contribution in [3.63, 3.8) is 0 Å². The summed E-state index contributed by atoms with van der Waals surface area (Å²) in [6.07, 6.45) is 0.332. The Labute approximate surface area is 148 Å². The molecule has 0 aliphatic rings. The summed E-state index contributed by atoms with van der Waals surface area (Å²) < 4.78 is 5.20. The van der Waals surface area contributed by atoms with Crippen molar-refractivity contribution < 1.29 is 9.53 Å². The predicted molar refractivity (Wildman–Crippen MR) is 100 cm³/mol. The number of carbonyl (C=O) groups is 1. The van der Waals surface area contributed by atoms with Gasteiger partial charge in [0.25, 0.3) is 0 Å². The number of methoxy groups -OCH3 is 1. The second kappa shape index (κ2) is 7.99. The zero-order chi connectivity index (χ0) is 17.5. The van der Waals surface area contributed by atoms with Gasteiger partial charge in [0.2, 0.25) is 5.78 Å². The lowest BCUT2D eigenvalue weighted by Gasteiger charge is -2.06. The first-order valence-electron chi connectivity index (χ1n) is 8.08. The highest BCUT2D eigenvalue weighted by atomic mass is 16.5. The lowest BCUT2D eigenvalue weighted by Crippen LogP contribution is -1.98. The fraction of sp³-hybridized carbons (Fsp3) is 0.0870. The van der Waals surface area contributed by atoms with E-state index in [1.54, 1.807) is 7.11 Å². The van der Waals surface area contributed by atoms with Gasteiger partial charge in [0.15, 0.2) is 0 Å². The van der Waals surface area contributed by atoms with E-state index in [1.165, 1.54) is 0 Å². The molecule has 25 heavy (non-hydrogen) atoms. The molecule has 0 N–H and O–H groups in total. The minimum Gasteiger partial charge on any atom is -0.497 e. The van der Waals surface area contributed by atoms with E-state index < -0.39 is 0 Å². The molecule has 0 spiro atoms.